The van der Waals surface area contributed by atoms with Crippen molar-refractivity contribution in [1.29, 1.82) is 0 Å². The van der Waals surface area contributed by atoms with Crippen molar-refractivity contribution in [3.05, 3.63) is 12.4 Å². The molecule has 0 bridgehead atoms. The van der Waals surface area contributed by atoms with Crippen molar-refractivity contribution in [3.63, 3.8) is 0 Å². The molecule has 0 aromatic carbocycles. The lowest BCUT2D eigenvalue weighted by atomic mass is 10.1. The minimum Gasteiger partial charge on any atom is -0.396 e. The van der Waals surface area contributed by atoms with Crippen LogP contribution in [0.4, 0.5) is 5.69 Å². The molecule has 16 heavy (non-hydrogen) atoms. The third-order valence-corrected chi connectivity index (χ3v) is 2.36. The molecule has 0 spiro atoms. The van der Waals surface area contributed by atoms with Gasteiger partial charge in [0.1, 0.15) is 0 Å². The molecule has 0 saturated heterocycles. The first-order chi connectivity index (χ1) is 7.40. The normalized spacial score (nSPS) is 12.3. The van der Waals surface area contributed by atoms with Crippen LogP contribution in [-0.2, 0) is 6.54 Å². The summed E-state index contributed by atoms with van der Waals surface area (Å²) in [4.78, 5) is 2.19. The Morgan fingerprint density at radius 3 is 2.69 bits per heavy atom. The molecule has 0 atom stereocenters. The van der Waals surface area contributed by atoms with Crippen molar-refractivity contribution in [3.8, 4) is 0 Å². The zero-order chi connectivity index (χ0) is 12.2. The third kappa shape index (κ3) is 4.63. The molecule has 1 heterocycles. The molecule has 1 aromatic rings. The van der Waals surface area contributed by atoms with E-state index in [-0.39, 0.29) is 0 Å². The highest BCUT2D eigenvalue weighted by Crippen LogP contribution is 2.05. The summed E-state index contributed by atoms with van der Waals surface area (Å²) in [6.45, 7) is 8.97. The fraction of sp³-hybridized carbons (Fsp3) is 0.727. The number of aliphatic hydroxyl groups is 1. The Labute approximate surface area is 96.9 Å². The highest BCUT2D eigenvalue weighted by molar-refractivity contribution is 5.30. The van der Waals surface area contributed by atoms with Crippen molar-refractivity contribution >= 4 is 5.69 Å². The number of aromatic nitrogens is 2. The van der Waals surface area contributed by atoms with E-state index in [4.69, 9.17) is 5.73 Å². The van der Waals surface area contributed by atoms with Crippen molar-refractivity contribution < 1.29 is 5.11 Å². The van der Waals surface area contributed by atoms with Crippen molar-refractivity contribution in [1.82, 2.24) is 14.7 Å². The van der Waals surface area contributed by atoms with Gasteiger partial charge in [-0.15, -0.1) is 0 Å². The molecular weight excluding hydrogens is 204 g/mol. The van der Waals surface area contributed by atoms with Gasteiger partial charge in [-0.3, -0.25) is 9.58 Å². The summed E-state index contributed by atoms with van der Waals surface area (Å²) in [6.07, 6.45) is 3.46. The topological polar surface area (TPSA) is 67.3 Å². The summed E-state index contributed by atoms with van der Waals surface area (Å²) < 4.78 is 1.82. The van der Waals surface area contributed by atoms with E-state index in [9.17, 15) is 5.11 Å². The van der Waals surface area contributed by atoms with Gasteiger partial charge >= 0.3 is 0 Å². The standard InChI is InChI=1S/C11H22N4O/c1-4-14(9-11(2,3)16)5-6-15-8-10(12)7-13-15/h7-8,16H,4-6,9,12H2,1-3H3. The fourth-order valence-corrected chi connectivity index (χ4v) is 1.64. The van der Waals surface area contributed by atoms with Crippen LogP contribution in [0, 0.1) is 0 Å². The van der Waals surface area contributed by atoms with Gasteiger partial charge in [-0.2, -0.15) is 5.10 Å². The molecule has 1 aromatic heterocycles. The average Bonchev–Trinajstić information content (AvgIpc) is 2.57. The van der Waals surface area contributed by atoms with Gasteiger partial charge in [0.05, 0.1) is 24.0 Å². The van der Waals surface area contributed by atoms with E-state index in [1.165, 1.54) is 0 Å². The SMILES string of the molecule is CCN(CCn1cc(N)cn1)CC(C)(C)O. The van der Waals surface area contributed by atoms with E-state index in [1.807, 2.05) is 24.7 Å². The Bertz CT molecular complexity index is 316. The molecule has 0 fully saturated rings. The van der Waals surface area contributed by atoms with E-state index < -0.39 is 5.60 Å². The Balaban J connectivity index is 2.40. The number of hydrogen-bond donors (Lipinski definition) is 2. The van der Waals surface area contributed by atoms with E-state index in [2.05, 4.69) is 16.9 Å². The number of anilines is 1. The predicted molar refractivity (Wildman–Crippen MR) is 65.1 cm³/mol. The lowest BCUT2D eigenvalue weighted by Gasteiger charge is -2.27. The van der Waals surface area contributed by atoms with Crippen molar-refractivity contribution in [2.45, 2.75) is 32.9 Å². The molecular formula is C11H22N4O. The molecule has 1 rings (SSSR count). The molecule has 0 saturated carbocycles. The zero-order valence-corrected chi connectivity index (χ0v) is 10.3. The van der Waals surface area contributed by atoms with Crippen LogP contribution in [0.2, 0.25) is 0 Å². The molecule has 0 aliphatic rings. The van der Waals surface area contributed by atoms with Crippen molar-refractivity contribution in [2.24, 2.45) is 0 Å². The summed E-state index contributed by atoms with van der Waals surface area (Å²) in [7, 11) is 0. The van der Waals surface area contributed by atoms with Crippen LogP contribution in [0.25, 0.3) is 0 Å². The second kappa shape index (κ2) is 5.32. The summed E-state index contributed by atoms with van der Waals surface area (Å²) >= 11 is 0. The summed E-state index contributed by atoms with van der Waals surface area (Å²) in [5, 5.41) is 13.9. The first-order valence-electron chi connectivity index (χ1n) is 5.63. The van der Waals surface area contributed by atoms with E-state index in [0.29, 0.717) is 12.2 Å². The largest absolute Gasteiger partial charge is 0.396 e. The molecule has 0 radical (unpaired) electrons. The van der Waals surface area contributed by atoms with E-state index in [1.54, 1.807) is 6.20 Å². The van der Waals surface area contributed by atoms with Crippen LogP contribution in [0.1, 0.15) is 20.8 Å². The van der Waals surface area contributed by atoms with Gasteiger partial charge < -0.3 is 10.8 Å². The fourth-order valence-electron chi connectivity index (χ4n) is 1.64. The van der Waals surface area contributed by atoms with Crippen LogP contribution in [0.3, 0.4) is 0 Å². The first kappa shape index (κ1) is 13.0. The third-order valence-electron chi connectivity index (χ3n) is 2.36. The second-order valence-corrected chi connectivity index (χ2v) is 4.72. The first-order valence-corrected chi connectivity index (χ1v) is 5.63. The smallest absolute Gasteiger partial charge is 0.0719 e. The lowest BCUT2D eigenvalue weighted by Crippen LogP contribution is -2.40. The Hall–Kier alpha value is -1.07. The van der Waals surface area contributed by atoms with Gasteiger partial charge in [0.15, 0.2) is 0 Å². The molecule has 0 aliphatic heterocycles. The number of likely N-dealkylation sites (N-methyl/N-ethyl adjacent to an activating group) is 1. The molecule has 5 nitrogen and oxygen atoms in total. The van der Waals surface area contributed by atoms with Crippen molar-refractivity contribution in [2.75, 3.05) is 25.4 Å². The van der Waals surface area contributed by atoms with Crippen LogP contribution in [0.15, 0.2) is 12.4 Å². The lowest BCUT2D eigenvalue weighted by molar-refractivity contribution is 0.0365. The molecule has 0 unspecified atom stereocenters. The van der Waals surface area contributed by atoms with Crippen LogP contribution < -0.4 is 5.73 Å². The monoisotopic (exact) mass is 226 g/mol. The number of nitrogens with zero attached hydrogens (tertiary/aromatic N) is 3. The van der Waals surface area contributed by atoms with Crippen LogP contribution in [-0.4, -0.2) is 45.0 Å². The molecule has 92 valence electrons. The Morgan fingerprint density at radius 2 is 2.25 bits per heavy atom. The quantitative estimate of drug-likeness (QED) is 0.743. The Kier molecular flexibility index (Phi) is 4.32. The zero-order valence-electron chi connectivity index (χ0n) is 10.3. The molecule has 5 heteroatoms. The van der Waals surface area contributed by atoms with Crippen LogP contribution in [0.5, 0.6) is 0 Å². The molecule has 0 amide bonds. The number of nitrogens with two attached hydrogens (primary N) is 1. The van der Waals surface area contributed by atoms with Gasteiger partial charge in [-0.25, -0.2) is 0 Å². The Morgan fingerprint density at radius 1 is 1.56 bits per heavy atom. The highest BCUT2D eigenvalue weighted by Gasteiger charge is 2.16. The summed E-state index contributed by atoms with van der Waals surface area (Å²) in [6, 6.07) is 0. The van der Waals surface area contributed by atoms with Gasteiger partial charge in [-0.05, 0) is 20.4 Å². The number of nitrogen functional groups attached to an aromatic ring is 1. The number of hydrogen-bond acceptors (Lipinski definition) is 4. The maximum absolute atomic E-state index is 9.74. The minimum atomic E-state index is -0.654. The maximum Gasteiger partial charge on any atom is 0.0719 e. The minimum absolute atomic E-state index is 0.654. The molecule has 3 N–H and O–H groups in total. The summed E-state index contributed by atoms with van der Waals surface area (Å²) in [5.41, 5.74) is 5.61. The van der Waals surface area contributed by atoms with Gasteiger partial charge in [-0.1, -0.05) is 6.92 Å². The molecule has 0 aliphatic carbocycles. The van der Waals surface area contributed by atoms with E-state index in [0.717, 1.165) is 19.6 Å². The second-order valence-electron chi connectivity index (χ2n) is 4.72. The van der Waals surface area contributed by atoms with Crippen LogP contribution >= 0.6 is 0 Å². The maximum atomic E-state index is 9.74. The highest BCUT2D eigenvalue weighted by atomic mass is 16.3. The van der Waals surface area contributed by atoms with Gasteiger partial charge in [0, 0.05) is 19.3 Å². The van der Waals surface area contributed by atoms with Gasteiger partial charge in [0.2, 0.25) is 0 Å². The predicted octanol–water partition coefficient (Wildman–Crippen LogP) is 0.558. The summed E-state index contributed by atoms with van der Waals surface area (Å²) in [5.74, 6) is 0. The average molecular weight is 226 g/mol. The van der Waals surface area contributed by atoms with Gasteiger partial charge in [0.25, 0.3) is 0 Å². The number of rotatable bonds is 6. The van der Waals surface area contributed by atoms with E-state index >= 15 is 0 Å².